The first-order chi connectivity index (χ1) is 12.8. The van der Waals surface area contributed by atoms with Crippen molar-refractivity contribution in [2.45, 2.75) is 25.3 Å². The molecule has 0 atom stereocenters. The van der Waals surface area contributed by atoms with Crippen LogP contribution >= 0.6 is 0 Å². The van der Waals surface area contributed by atoms with Gasteiger partial charge >= 0.3 is 0 Å². The van der Waals surface area contributed by atoms with Crippen LogP contribution in [-0.2, 0) is 6.54 Å². The number of benzene rings is 1. The SMILES string of the molecule is COc1nccnc1N1CCC(c2nccn2Cc2ccccc2)CC1. The van der Waals surface area contributed by atoms with E-state index in [-0.39, 0.29) is 0 Å². The van der Waals surface area contributed by atoms with Crippen LogP contribution in [0.2, 0.25) is 0 Å². The molecule has 6 heteroatoms. The van der Waals surface area contributed by atoms with E-state index in [4.69, 9.17) is 4.74 Å². The molecule has 4 rings (SSSR count). The number of anilines is 1. The van der Waals surface area contributed by atoms with Crippen LogP contribution in [-0.4, -0.2) is 39.7 Å². The van der Waals surface area contributed by atoms with E-state index in [2.05, 4.69) is 60.9 Å². The molecular formula is C20H23N5O. The normalized spacial score (nSPS) is 15.2. The highest BCUT2D eigenvalue weighted by Gasteiger charge is 2.26. The first-order valence-electron chi connectivity index (χ1n) is 9.00. The number of imidazole rings is 1. The van der Waals surface area contributed by atoms with E-state index in [9.17, 15) is 0 Å². The van der Waals surface area contributed by atoms with Gasteiger partial charge in [0.15, 0.2) is 5.82 Å². The highest BCUT2D eigenvalue weighted by molar-refractivity contribution is 5.48. The van der Waals surface area contributed by atoms with Crippen molar-refractivity contribution in [2.75, 3.05) is 25.1 Å². The number of hydrogen-bond acceptors (Lipinski definition) is 5. The fourth-order valence-corrected chi connectivity index (χ4v) is 3.62. The molecule has 1 aromatic carbocycles. The summed E-state index contributed by atoms with van der Waals surface area (Å²) in [6.07, 6.45) is 9.47. The summed E-state index contributed by atoms with van der Waals surface area (Å²) in [5, 5.41) is 0. The zero-order valence-electron chi connectivity index (χ0n) is 15.0. The molecule has 3 aromatic rings. The quantitative estimate of drug-likeness (QED) is 0.708. The average molecular weight is 349 g/mol. The Morgan fingerprint density at radius 2 is 1.77 bits per heavy atom. The zero-order valence-corrected chi connectivity index (χ0v) is 15.0. The summed E-state index contributed by atoms with van der Waals surface area (Å²) in [7, 11) is 1.64. The number of nitrogens with zero attached hydrogens (tertiary/aromatic N) is 5. The van der Waals surface area contributed by atoms with Gasteiger partial charge in [-0.25, -0.2) is 15.0 Å². The lowest BCUT2D eigenvalue weighted by Crippen LogP contribution is -2.34. The molecule has 6 nitrogen and oxygen atoms in total. The average Bonchev–Trinajstić information content (AvgIpc) is 3.17. The van der Waals surface area contributed by atoms with Crippen LogP contribution in [0.5, 0.6) is 5.88 Å². The topological polar surface area (TPSA) is 56.1 Å². The van der Waals surface area contributed by atoms with Gasteiger partial charge in [-0.1, -0.05) is 30.3 Å². The van der Waals surface area contributed by atoms with Gasteiger partial charge in [0, 0.05) is 50.3 Å². The van der Waals surface area contributed by atoms with E-state index in [0.717, 1.165) is 38.3 Å². The van der Waals surface area contributed by atoms with E-state index >= 15 is 0 Å². The Hall–Kier alpha value is -2.89. The first kappa shape index (κ1) is 16.6. The maximum absolute atomic E-state index is 5.35. The lowest BCUT2D eigenvalue weighted by Gasteiger charge is -2.33. The van der Waals surface area contributed by atoms with Crippen LogP contribution in [0.25, 0.3) is 0 Å². The van der Waals surface area contributed by atoms with Gasteiger partial charge in [0.05, 0.1) is 7.11 Å². The van der Waals surface area contributed by atoms with E-state index < -0.39 is 0 Å². The number of ether oxygens (including phenoxy) is 1. The van der Waals surface area contributed by atoms with Crippen molar-refractivity contribution in [3.63, 3.8) is 0 Å². The monoisotopic (exact) mass is 349 g/mol. The van der Waals surface area contributed by atoms with Gasteiger partial charge in [-0.2, -0.15) is 0 Å². The van der Waals surface area contributed by atoms with Crippen LogP contribution in [0, 0.1) is 0 Å². The van der Waals surface area contributed by atoms with E-state index in [1.54, 1.807) is 19.5 Å². The second-order valence-corrected chi connectivity index (χ2v) is 6.55. The van der Waals surface area contributed by atoms with Gasteiger partial charge in [0.1, 0.15) is 5.82 Å². The third kappa shape index (κ3) is 3.40. The third-order valence-electron chi connectivity index (χ3n) is 4.94. The second kappa shape index (κ2) is 7.56. The molecule has 1 saturated heterocycles. The maximum atomic E-state index is 5.35. The maximum Gasteiger partial charge on any atom is 0.257 e. The summed E-state index contributed by atoms with van der Waals surface area (Å²) in [4.78, 5) is 15.6. The first-order valence-corrected chi connectivity index (χ1v) is 9.00. The summed E-state index contributed by atoms with van der Waals surface area (Å²) in [6, 6.07) is 10.5. The van der Waals surface area contributed by atoms with Crippen LogP contribution in [0.4, 0.5) is 5.82 Å². The largest absolute Gasteiger partial charge is 0.478 e. The fraction of sp³-hybridized carbons (Fsp3) is 0.350. The Bertz CT molecular complexity index is 840. The van der Waals surface area contributed by atoms with Gasteiger partial charge in [-0.05, 0) is 18.4 Å². The second-order valence-electron chi connectivity index (χ2n) is 6.55. The lowest BCUT2D eigenvalue weighted by molar-refractivity contribution is 0.390. The Labute approximate surface area is 153 Å². The van der Waals surface area contributed by atoms with Crippen LogP contribution in [0.15, 0.2) is 55.1 Å². The van der Waals surface area contributed by atoms with Crippen LogP contribution in [0.1, 0.15) is 30.1 Å². The van der Waals surface area contributed by atoms with Gasteiger partial charge in [-0.3, -0.25) is 0 Å². The Morgan fingerprint density at radius 3 is 2.54 bits per heavy atom. The van der Waals surface area contributed by atoms with Gasteiger partial charge in [0.25, 0.3) is 5.88 Å². The molecule has 0 spiro atoms. The summed E-state index contributed by atoms with van der Waals surface area (Å²) < 4.78 is 7.63. The van der Waals surface area contributed by atoms with Crippen molar-refractivity contribution >= 4 is 5.82 Å². The van der Waals surface area contributed by atoms with Crippen molar-refractivity contribution in [3.05, 3.63) is 66.5 Å². The molecule has 3 heterocycles. The summed E-state index contributed by atoms with van der Waals surface area (Å²) in [6.45, 7) is 2.73. The number of hydrogen-bond donors (Lipinski definition) is 0. The van der Waals surface area contributed by atoms with Gasteiger partial charge in [0.2, 0.25) is 0 Å². The molecule has 0 saturated carbocycles. The molecule has 26 heavy (non-hydrogen) atoms. The lowest BCUT2D eigenvalue weighted by atomic mass is 9.95. The highest BCUT2D eigenvalue weighted by Crippen LogP contribution is 2.31. The summed E-state index contributed by atoms with van der Waals surface area (Å²) in [5.74, 6) is 3.07. The Kier molecular flexibility index (Phi) is 4.82. The Morgan fingerprint density at radius 1 is 1.00 bits per heavy atom. The highest BCUT2D eigenvalue weighted by atomic mass is 16.5. The number of rotatable bonds is 5. The summed E-state index contributed by atoms with van der Waals surface area (Å²) in [5.41, 5.74) is 1.30. The standard InChI is InChI=1S/C20H23N5O/c1-26-20-19(21-9-10-23-20)24-12-7-17(8-13-24)18-22-11-14-25(18)15-16-5-3-2-4-6-16/h2-6,9-11,14,17H,7-8,12-13,15H2,1H3. The molecule has 0 N–H and O–H groups in total. The molecule has 0 unspecified atom stereocenters. The minimum absolute atomic E-state index is 0.465. The number of piperidine rings is 1. The predicted molar refractivity (Wildman–Crippen MR) is 101 cm³/mol. The van der Waals surface area contributed by atoms with E-state index in [0.29, 0.717) is 11.8 Å². The summed E-state index contributed by atoms with van der Waals surface area (Å²) >= 11 is 0. The van der Waals surface area contributed by atoms with Crippen molar-refractivity contribution in [2.24, 2.45) is 0 Å². The van der Waals surface area contributed by atoms with Gasteiger partial charge in [-0.15, -0.1) is 0 Å². The Balaban J connectivity index is 1.45. The third-order valence-corrected chi connectivity index (χ3v) is 4.94. The van der Waals surface area contributed by atoms with Crippen molar-refractivity contribution in [1.82, 2.24) is 19.5 Å². The van der Waals surface area contributed by atoms with Crippen LogP contribution in [0.3, 0.4) is 0 Å². The van der Waals surface area contributed by atoms with E-state index in [1.165, 1.54) is 11.4 Å². The minimum Gasteiger partial charge on any atom is -0.478 e. The molecule has 1 aliphatic heterocycles. The molecule has 0 radical (unpaired) electrons. The fourth-order valence-electron chi connectivity index (χ4n) is 3.62. The molecule has 0 bridgehead atoms. The smallest absolute Gasteiger partial charge is 0.257 e. The molecular weight excluding hydrogens is 326 g/mol. The zero-order chi connectivity index (χ0) is 17.8. The molecule has 0 amide bonds. The molecule has 134 valence electrons. The van der Waals surface area contributed by atoms with Crippen molar-refractivity contribution in [3.8, 4) is 5.88 Å². The predicted octanol–water partition coefficient (Wildman–Crippen LogP) is 3.11. The number of methoxy groups -OCH3 is 1. The van der Waals surface area contributed by atoms with Gasteiger partial charge < -0.3 is 14.2 Å². The molecule has 0 aliphatic carbocycles. The van der Waals surface area contributed by atoms with Crippen LogP contribution < -0.4 is 9.64 Å². The van der Waals surface area contributed by atoms with Crippen molar-refractivity contribution < 1.29 is 4.74 Å². The van der Waals surface area contributed by atoms with E-state index in [1.807, 2.05) is 6.20 Å². The molecule has 1 fully saturated rings. The molecule has 1 aliphatic rings. The minimum atomic E-state index is 0.465. The van der Waals surface area contributed by atoms with Crippen molar-refractivity contribution in [1.29, 1.82) is 0 Å². The number of aromatic nitrogens is 4. The molecule has 2 aromatic heterocycles.